The summed E-state index contributed by atoms with van der Waals surface area (Å²) in [7, 11) is 0. The van der Waals surface area contributed by atoms with Gasteiger partial charge in [-0.15, -0.1) is 0 Å². The number of benzene rings is 2. The highest BCUT2D eigenvalue weighted by Gasteiger charge is 2.08. The van der Waals surface area contributed by atoms with E-state index >= 15 is 0 Å². The molecule has 0 aliphatic rings. The first-order valence-electron chi connectivity index (χ1n) is 7.48. The largest absolute Gasteiger partial charge is 0.326 e. The number of rotatable bonds is 5. The molecule has 0 aliphatic heterocycles. The van der Waals surface area contributed by atoms with Crippen LogP contribution in [0.3, 0.4) is 0 Å². The van der Waals surface area contributed by atoms with Gasteiger partial charge in [-0.3, -0.25) is 4.79 Å². The van der Waals surface area contributed by atoms with E-state index in [2.05, 4.69) is 36.5 Å². The van der Waals surface area contributed by atoms with Gasteiger partial charge in [0.05, 0.1) is 0 Å². The van der Waals surface area contributed by atoms with Gasteiger partial charge in [0.2, 0.25) is 5.91 Å². The second-order valence-corrected chi connectivity index (χ2v) is 5.66. The zero-order valence-corrected chi connectivity index (χ0v) is 13.1. The summed E-state index contributed by atoms with van der Waals surface area (Å²) in [4.78, 5) is 12.1. The van der Waals surface area contributed by atoms with Crippen LogP contribution in [0.1, 0.15) is 35.1 Å². The predicted molar refractivity (Wildman–Crippen MR) is 88.7 cm³/mol. The molecule has 0 saturated carbocycles. The lowest BCUT2D eigenvalue weighted by Gasteiger charge is -2.12. The normalized spacial score (nSPS) is 10.4. The third kappa shape index (κ3) is 4.45. The van der Waals surface area contributed by atoms with Crippen LogP contribution < -0.4 is 5.32 Å². The first-order valence-corrected chi connectivity index (χ1v) is 7.48. The molecule has 0 unspecified atom stereocenters. The smallest absolute Gasteiger partial charge is 0.224 e. The fourth-order valence-corrected chi connectivity index (χ4v) is 2.68. The van der Waals surface area contributed by atoms with E-state index in [1.54, 1.807) is 0 Å². The predicted octanol–water partition coefficient (Wildman–Crippen LogP) is 4.57. The van der Waals surface area contributed by atoms with E-state index in [0.717, 1.165) is 29.7 Å². The molecule has 2 nitrogen and oxygen atoms in total. The van der Waals surface area contributed by atoms with Crippen LogP contribution in [0.2, 0.25) is 0 Å². The van der Waals surface area contributed by atoms with Crippen molar-refractivity contribution < 1.29 is 4.79 Å². The number of nitrogens with one attached hydrogen (secondary N) is 1. The van der Waals surface area contributed by atoms with Gasteiger partial charge >= 0.3 is 0 Å². The van der Waals surface area contributed by atoms with Gasteiger partial charge < -0.3 is 5.32 Å². The van der Waals surface area contributed by atoms with Crippen LogP contribution in [0.5, 0.6) is 0 Å². The van der Waals surface area contributed by atoms with Gasteiger partial charge in [0.15, 0.2) is 0 Å². The number of carbonyl (C=O) groups excluding carboxylic acids is 1. The van der Waals surface area contributed by atoms with Crippen LogP contribution >= 0.6 is 0 Å². The Balaban J connectivity index is 1.88. The molecule has 0 fully saturated rings. The summed E-state index contributed by atoms with van der Waals surface area (Å²) >= 11 is 0. The first-order chi connectivity index (χ1) is 10.1. The van der Waals surface area contributed by atoms with Crippen molar-refractivity contribution in [3.63, 3.8) is 0 Å². The number of carbonyl (C=O) groups is 1. The molecule has 2 rings (SSSR count). The summed E-state index contributed by atoms with van der Waals surface area (Å²) in [5.74, 6) is 0.0981. The van der Waals surface area contributed by atoms with Crippen LogP contribution in [0, 0.1) is 20.8 Å². The molecule has 0 aliphatic carbocycles. The monoisotopic (exact) mass is 281 g/mol. The van der Waals surface area contributed by atoms with Crippen LogP contribution in [0.25, 0.3) is 0 Å². The average Bonchev–Trinajstić information content (AvgIpc) is 2.44. The fourth-order valence-electron chi connectivity index (χ4n) is 2.68. The Morgan fingerprint density at radius 1 is 1.00 bits per heavy atom. The van der Waals surface area contributed by atoms with Gasteiger partial charge in [-0.1, -0.05) is 48.0 Å². The summed E-state index contributed by atoms with van der Waals surface area (Å²) in [6, 6.07) is 14.5. The number of hydrogen-bond acceptors (Lipinski definition) is 1. The molecule has 2 aromatic rings. The van der Waals surface area contributed by atoms with Crippen molar-refractivity contribution in [1.29, 1.82) is 0 Å². The Hall–Kier alpha value is -2.09. The molecule has 21 heavy (non-hydrogen) atoms. The molecule has 2 aromatic carbocycles. The summed E-state index contributed by atoms with van der Waals surface area (Å²) < 4.78 is 0. The molecule has 110 valence electrons. The van der Waals surface area contributed by atoms with E-state index in [9.17, 15) is 4.79 Å². The maximum atomic E-state index is 12.1. The van der Waals surface area contributed by atoms with Gasteiger partial charge in [0.25, 0.3) is 0 Å². The van der Waals surface area contributed by atoms with E-state index in [1.165, 1.54) is 11.1 Å². The topological polar surface area (TPSA) is 29.1 Å². The Kier molecular flexibility index (Phi) is 5.15. The minimum absolute atomic E-state index is 0.0981. The van der Waals surface area contributed by atoms with Crippen molar-refractivity contribution in [3.8, 4) is 0 Å². The lowest BCUT2D eigenvalue weighted by atomic mass is 10.0. The Labute approximate surface area is 127 Å². The molecule has 1 amide bonds. The van der Waals surface area contributed by atoms with Gasteiger partial charge in [0.1, 0.15) is 0 Å². The fraction of sp³-hybridized carbons (Fsp3) is 0.316. The van der Waals surface area contributed by atoms with Gasteiger partial charge in [0, 0.05) is 12.1 Å². The minimum Gasteiger partial charge on any atom is -0.326 e. The Bertz CT molecular complexity index is 594. The van der Waals surface area contributed by atoms with Crippen molar-refractivity contribution in [2.45, 2.75) is 40.0 Å². The van der Waals surface area contributed by atoms with Gasteiger partial charge in [-0.2, -0.15) is 0 Å². The Morgan fingerprint density at radius 3 is 2.24 bits per heavy atom. The number of amides is 1. The molecule has 0 atom stereocenters. The van der Waals surface area contributed by atoms with Crippen LogP contribution in [0.15, 0.2) is 42.5 Å². The maximum Gasteiger partial charge on any atom is 0.224 e. The highest BCUT2D eigenvalue weighted by molar-refractivity contribution is 5.92. The third-order valence-corrected chi connectivity index (χ3v) is 3.65. The standard InChI is InChI=1S/C19H23NO/c1-14-12-15(2)19(16(3)13-14)20-18(21)11-7-10-17-8-5-4-6-9-17/h4-6,8-9,12-13H,7,10-11H2,1-3H3,(H,20,21). The second kappa shape index (κ2) is 7.07. The molecule has 0 bridgehead atoms. The summed E-state index contributed by atoms with van der Waals surface area (Å²) in [5.41, 5.74) is 5.73. The lowest BCUT2D eigenvalue weighted by Crippen LogP contribution is -2.13. The van der Waals surface area contributed by atoms with Crippen LogP contribution in [0.4, 0.5) is 5.69 Å². The molecule has 0 spiro atoms. The van der Waals surface area contributed by atoms with Crippen molar-refractivity contribution >= 4 is 11.6 Å². The maximum absolute atomic E-state index is 12.1. The van der Waals surface area contributed by atoms with E-state index in [4.69, 9.17) is 0 Å². The second-order valence-electron chi connectivity index (χ2n) is 5.66. The molecule has 0 aromatic heterocycles. The molecule has 0 radical (unpaired) electrons. The summed E-state index contributed by atoms with van der Waals surface area (Å²) in [6.45, 7) is 6.16. The summed E-state index contributed by atoms with van der Waals surface area (Å²) in [6.07, 6.45) is 2.38. The molecule has 2 heteroatoms. The zero-order chi connectivity index (χ0) is 15.2. The molecule has 0 heterocycles. The SMILES string of the molecule is Cc1cc(C)c(NC(=O)CCCc2ccccc2)c(C)c1. The van der Waals surface area contributed by atoms with Crippen LogP contribution in [-0.2, 0) is 11.2 Å². The van der Waals surface area contributed by atoms with Gasteiger partial charge in [-0.05, 0) is 50.3 Å². The summed E-state index contributed by atoms with van der Waals surface area (Å²) in [5, 5.41) is 3.05. The van der Waals surface area contributed by atoms with Crippen molar-refractivity contribution in [2.75, 3.05) is 5.32 Å². The molecule has 1 N–H and O–H groups in total. The highest BCUT2D eigenvalue weighted by atomic mass is 16.1. The van der Waals surface area contributed by atoms with E-state index in [-0.39, 0.29) is 5.91 Å². The zero-order valence-electron chi connectivity index (χ0n) is 13.1. The number of anilines is 1. The van der Waals surface area contributed by atoms with E-state index in [1.807, 2.05) is 32.0 Å². The highest BCUT2D eigenvalue weighted by Crippen LogP contribution is 2.22. The van der Waals surface area contributed by atoms with E-state index in [0.29, 0.717) is 6.42 Å². The molecular weight excluding hydrogens is 258 g/mol. The van der Waals surface area contributed by atoms with Gasteiger partial charge in [-0.25, -0.2) is 0 Å². The number of aryl methyl sites for hydroxylation is 4. The third-order valence-electron chi connectivity index (χ3n) is 3.65. The van der Waals surface area contributed by atoms with Crippen molar-refractivity contribution in [3.05, 3.63) is 64.7 Å². The lowest BCUT2D eigenvalue weighted by molar-refractivity contribution is -0.116. The first kappa shape index (κ1) is 15.3. The minimum atomic E-state index is 0.0981. The molecular formula is C19H23NO. The van der Waals surface area contributed by atoms with E-state index < -0.39 is 0 Å². The molecule has 0 saturated heterocycles. The number of hydrogen-bond donors (Lipinski definition) is 1. The van der Waals surface area contributed by atoms with Crippen molar-refractivity contribution in [1.82, 2.24) is 0 Å². The van der Waals surface area contributed by atoms with Crippen LogP contribution in [-0.4, -0.2) is 5.91 Å². The Morgan fingerprint density at radius 2 is 1.62 bits per heavy atom. The quantitative estimate of drug-likeness (QED) is 0.854. The van der Waals surface area contributed by atoms with Crippen molar-refractivity contribution in [2.24, 2.45) is 0 Å². The average molecular weight is 281 g/mol.